The zero-order valence-electron chi connectivity index (χ0n) is 11.4. The monoisotopic (exact) mass is 268 g/mol. The number of ether oxygens (including phenoxy) is 1. The number of carbonyl (C=O) groups excluding carboxylic acids is 1. The molecule has 1 atom stereocenters. The zero-order chi connectivity index (χ0) is 14.3. The molecule has 0 aliphatic heterocycles. The largest absolute Gasteiger partial charge is 0.492 e. The minimum Gasteiger partial charge on any atom is -0.492 e. The van der Waals surface area contributed by atoms with Gasteiger partial charge < -0.3 is 15.4 Å². The fraction of sp³-hybridized carbons (Fsp3) is 0.500. The molecule has 0 saturated carbocycles. The van der Waals surface area contributed by atoms with E-state index in [9.17, 15) is 9.18 Å². The number of likely N-dealkylation sites (N-methyl/N-ethyl adjacent to an activating group) is 1. The minimum atomic E-state index is -0.298. The van der Waals surface area contributed by atoms with Gasteiger partial charge in [-0.2, -0.15) is 0 Å². The molecular formula is C14H21FN2O2. The Hall–Kier alpha value is -1.62. The Balaban J connectivity index is 2.28. The molecule has 1 amide bonds. The summed E-state index contributed by atoms with van der Waals surface area (Å²) in [5.74, 6) is 0.303. The summed E-state index contributed by atoms with van der Waals surface area (Å²) in [6, 6.07) is 5.71. The van der Waals surface area contributed by atoms with E-state index in [0.717, 1.165) is 6.42 Å². The maximum atomic E-state index is 12.7. The molecule has 0 aliphatic rings. The molecule has 2 N–H and O–H groups in total. The van der Waals surface area contributed by atoms with Gasteiger partial charge in [-0.1, -0.05) is 6.92 Å². The van der Waals surface area contributed by atoms with Crippen molar-refractivity contribution in [2.24, 2.45) is 5.73 Å². The summed E-state index contributed by atoms with van der Waals surface area (Å²) >= 11 is 0. The lowest BCUT2D eigenvalue weighted by atomic mass is 10.1. The van der Waals surface area contributed by atoms with Gasteiger partial charge in [0, 0.05) is 19.5 Å². The van der Waals surface area contributed by atoms with E-state index in [1.54, 1.807) is 24.1 Å². The van der Waals surface area contributed by atoms with Crippen molar-refractivity contribution in [3.8, 4) is 5.75 Å². The molecular weight excluding hydrogens is 247 g/mol. The predicted octanol–water partition coefficient (Wildman–Crippen LogP) is 1.79. The first-order valence-corrected chi connectivity index (χ1v) is 6.40. The van der Waals surface area contributed by atoms with Crippen molar-refractivity contribution in [3.05, 3.63) is 30.1 Å². The highest BCUT2D eigenvalue weighted by Gasteiger charge is 2.12. The number of benzene rings is 1. The second-order valence-electron chi connectivity index (χ2n) is 4.49. The lowest BCUT2D eigenvalue weighted by Crippen LogP contribution is -2.35. The van der Waals surface area contributed by atoms with E-state index in [0.29, 0.717) is 25.3 Å². The smallest absolute Gasteiger partial charge is 0.223 e. The number of amides is 1. The van der Waals surface area contributed by atoms with Gasteiger partial charge in [0.25, 0.3) is 0 Å². The highest BCUT2D eigenvalue weighted by atomic mass is 19.1. The van der Waals surface area contributed by atoms with Gasteiger partial charge in [0.05, 0.1) is 6.54 Å². The van der Waals surface area contributed by atoms with Crippen LogP contribution in [0, 0.1) is 5.82 Å². The number of nitrogens with zero attached hydrogens (tertiary/aromatic N) is 1. The van der Waals surface area contributed by atoms with Crippen LogP contribution >= 0.6 is 0 Å². The molecule has 1 aromatic rings. The molecule has 0 heterocycles. The summed E-state index contributed by atoms with van der Waals surface area (Å²) < 4.78 is 18.1. The molecule has 4 nitrogen and oxygen atoms in total. The Bertz CT molecular complexity index is 395. The van der Waals surface area contributed by atoms with E-state index in [2.05, 4.69) is 0 Å². The van der Waals surface area contributed by atoms with Crippen LogP contribution in [0.15, 0.2) is 24.3 Å². The van der Waals surface area contributed by atoms with Crippen LogP contribution in [0.5, 0.6) is 5.75 Å². The maximum Gasteiger partial charge on any atom is 0.223 e. The Morgan fingerprint density at radius 2 is 2.05 bits per heavy atom. The zero-order valence-corrected chi connectivity index (χ0v) is 11.4. The summed E-state index contributed by atoms with van der Waals surface area (Å²) in [6.07, 6.45) is 1.13. The molecule has 0 aromatic heterocycles. The molecule has 1 rings (SSSR count). The van der Waals surface area contributed by atoms with Crippen molar-refractivity contribution >= 4 is 5.91 Å². The van der Waals surface area contributed by atoms with Gasteiger partial charge >= 0.3 is 0 Å². The Morgan fingerprint density at radius 1 is 1.42 bits per heavy atom. The molecule has 0 saturated heterocycles. The first kappa shape index (κ1) is 15.4. The van der Waals surface area contributed by atoms with Crippen LogP contribution in [-0.2, 0) is 4.79 Å². The van der Waals surface area contributed by atoms with Crippen LogP contribution in [0.1, 0.15) is 19.8 Å². The van der Waals surface area contributed by atoms with E-state index in [1.165, 1.54) is 12.1 Å². The third-order valence-corrected chi connectivity index (χ3v) is 2.90. The van der Waals surface area contributed by atoms with Crippen LogP contribution in [-0.4, -0.2) is 37.0 Å². The lowest BCUT2D eigenvalue weighted by molar-refractivity contribution is -0.130. The topological polar surface area (TPSA) is 55.6 Å². The van der Waals surface area contributed by atoms with Crippen molar-refractivity contribution in [1.29, 1.82) is 0 Å². The molecule has 106 valence electrons. The molecule has 1 aromatic carbocycles. The quantitative estimate of drug-likeness (QED) is 0.820. The van der Waals surface area contributed by atoms with Gasteiger partial charge in [-0.3, -0.25) is 4.79 Å². The SMILES string of the molecule is CCC(N)CC(=O)N(C)CCOc1ccc(F)cc1. The number of halogens is 1. The van der Waals surface area contributed by atoms with Crippen molar-refractivity contribution in [2.75, 3.05) is 20.2 Å². The number of carbonyl (C=O) groups is 1. The molecule has 0 spiro atoms. The number of hydrogen-bond donors (Lipinski definition) is 1. The summed E-state index contributed by atoms with van der Waals surface area (Å²) in [7, 11) is 1.72. The Labute approximate surface area is 113 Å². The van der Waals surface area contributed by atoms with Crippen LogP contribution in [0.3, 0.4) is 0 Å². The van der Waals surface area contributed by atoms with Gasteiger partial charge in [0.2, 0.25) is 5.91 Å². The van der Waals surface area contributed by atoms with Crippen LogP contribution < -0.4 is 10.5 Å². The van der Waals surface area contributed by atoms with Gasteiger partial charge in [-0.15, -0.1) is 0 Å². The first-order valence-electron chi connectivity index (χ1n) is 6.40. The second-order valence-corrected chi connectivity index (χ2v) is 4.49. The van der Waals surface area contributed by atoms with E-state index in [4.69, 9.17) is 10.5 Å². The van der Waals surface area contributed by atoms with Crippen LogP contribution in [0.2, 0.25) is 0 Å². The van der Waals surface area contributed by atoms with Gasteiger partial charge in [-0.05, 0) is 30.7 Å². The number of rotatable bonds is 7. The van der Waals surface area contributed by atoms with Crippen molar-refractivity contribution in [1.82, 2.24) is 4.90 Å². The fourth-order valence-electron chi connectivity index (χ4n) is 1.48. The summed E-state index contributed by atoms with van der Waals surface area (Å²) in [6.45, 7) is 2.80. The van der Waals surface area contributed by atoms with Gasteiger partial charge in [0.15, 0.2) is 0 Å². The molecule has 0 radical (unpaired) electrons. The minimum absolute atomic E-state index is 0.0112. The van der Waals surface area contributed by atoms with E-state index in [1.807, 2.05) is 6.92 Å². The molecule has 1 unspecified atom stereocenters. The number of nitrogens with two attached hydrogens (primary N) is 1. The number of hydrogen-bond acceptors (Lipinski definition) is 3. The predicted molar refractivity (Wildman–Crippen MR) is 72.4 cm³/mol. The van der Waals surface area contributed by atoms with Crippen molar-refractivity contribution in [3.63, 3.8) is 0 Å². The third-order valence-electron chi connectivity index (χ3n) is 2.90. The van der Waals surface area contributed by atoms with E-state index < -0.39 is 0 Å². The molecule has 0 bridgehead atoms. The maximum absolute atomic E-state index is 12.7. The second kappa shape index (κ2) is 7.74. The summed E-state index contributed by atoms with van der Waals surface area (Å²) in [5, 5.41) is 0. The molecule has 0 aliphatic carbocycles. The Morgan fingerprint density at radius 3 is 2.63 bits per heavy atom. The van der Waals surface area contributed by atoms with Crippen molar-refractivity contribution < 1.29 is 13.9 Å². The molecule has 5 heteroatoms. The average molecular weight is 268 g/mol. The van der Waals surface area contributed by atoms with Gasteiger partial charge in [-0.25, -0.2) is 4.39 Å². The average Bonchev–Trinajstić information content (AvgIpc) is 2.40. The van der Waals surface area contributed by atoms with E-state index >= 15 is 0 Å². The van der Waals surface area contributed by atoms with Crippen molar-refractivity contribution in [2.45, 2.75) is 25.8 Å². The first-order chi connectivity index (χ1) is 9.02. The normalized spacial score (nSPS) is 12.0. The third kappa shape index (κ3) is 5.70. The van der Waals surface area contributed by atoms with Crippen LogP contribution in [0.4, 0.5) is 4.39 Å². The fourth-order valence-corrected chi connectivity index (χ4v) is 1.48. The highest BCUT2D eigenvalue weighted by molar-refractivity contribution is 5.76. The van der Waals surface area contributed by atoms with E-state index in [-0.39, 0.29) is 17.8 Å². The molecule has 0 fully saturated rings. The summed E-state index contributed by atoms with van der Waals surface area (Å²) in [5.41, 5.74) is 5.73. The molecule has 19 heavy (non-hydrogen) atoms. The Kier molecular flexibility index (Phi) is 6.29. The van der Waals surface area contributed by atoms with Gasteiger partial charge in [0.1, 0.15) is 18.2 Å². The summed E-state index contributed by atoms with van der Waals surface area (Å²) in [4.78, 5) is 13.3. The highest BCUT2D eigenvalue weighted by Crippen LogP contribution is 2.10. The standard InChI is InChI=1S/C14H21FN2O2/c1-3-12(16)10-14(18)17(2)8-9-19-13-6-4-11(15)5-7-13/h4-7,12H,3,8-10,16H2,1-2H3. The lowest BCUT2D eigenvalue weighted by Gasteiger charge is -2.19. The van der Waals surface area contributed by atoms with Crippen LogP contribution in [0.25, 0.3) is 0 Å².